The van der Waals surface area contributed by atoms with Crippen LogP contribution in [-0.2, 0) is 5.75 Å². The molecule has 1 atom stereocenters. The van der Waals surface area contributed by atoms with Gasteiger partial charge in [0, 0.05) is 4.90 Å². The van der Waals surface area contributed by atoms with Gasteiger partial charge in [0.25, 0.3) is 5.89 Å². The van der Waals surface area contributed by atoms with Gasteiger partial charge in [0.05, 0.1) is 5.75 Å². The first-order valence-electron chi connectivity index (χ1n) is 5.78. The first kappa shape index (κ1) is 14.0. The summed E-state index contributed by atoms with van der Waals surface area (Å²) in [6, 6.07) is 6.17. The molecule has 0 amide bonds. The van der Waals surface area contributed by atoms with Gasteiger partial charge in [-0.3, -0.25) is 0 Å². The predicted octanol–water partition coefficient (Wildman–Crippen LogP) is 1.88. The van der Waals surface area contributed by atoms with Gasteiger partial charge in [0.2, 0.25) is 0 Å². The maximum absolute atomic E-state index is 12.7. The number of halogens is 1. The number of hydrogen-bond donors (Lipinski definition) is 2. The van der Waals surface area contributed by atoms with Gasteiger partial charge in [-0.25, -0.2) is 4.39 Å². The van der Waals surface area contributed by atoms with Crippen molar-refractivity contribution in [2.45, 2.75) is 23.2 Å². The van der Waals surface area contributed by atoms with E-state index >= 15 is 0 Å². The van der Waals surface area contributed by atoms with E-state index in [1.165, 1.54) is 23.9 Å². The van der Waals surface area contributed by atoms with Gasteiger partial charge in [0.15, 0.2) is 5.82 Å². The fraction of sp³-hybridized carbons (Fsp3) is 0.333. The maximum Gasteiger partial charge on any atom is 0.255 e. The van der Waals surface area contributed by atoms with E-state index in [1.54, 1.807) is 12.1 Å². The minimum atomic E-state index is -0.818. The molecule has 0 spiro atoms. The van der Waals surface area contributed by atoms with E-state index in [0.29, 0.717) is 24.5 Å². The summed E-state index contributed by atoms with van der Waals surface area (Å²) in [7, 11) is 0. The second-order valence-electron chi connectivity index (χ2n) is 3.88. The Morgan fingerprint density at radius 3 is 2.79 bits per heavy atom. The van der Waals surface area contributed by atoms with Gasteiger partial charge >= 0.3 is 0 Å². The molecule has 3 N–H and O–H groups in total. The molecular weight excluding hydrogens is 269 g/mol. The zero-order chi connectivity index (χ0) is 13.7. The van der Waals surface area contributed by atoms with Crippen molar-refractivity contribution in [3.8, 4) is 0 Å². The molecule has 7 heteroatoms. The molecule has 0 saturated heterocycles. The van der Waals surface area contributed by atoms with Crippen LogP contribution in [0.4, 0.5) is 4.39 Å². The van der Waals surface area contributed by atoms with Crippen LogP contribution in [0.25, 0.3) is 0 Å². The highest BCUT2D eigenvalue weighted by Crippen LogP contribution is 2.22. The van der Waals surface area contributed by atoms with Gasteiger partial charge in [-0.15, -0.1) is 11.8 Å². The molecular formula is C12H14FN3O2S. The lowest BCUT2D eigenvalue weighted by Gasteiger charge is -2.01. The zero-order valence-electron chi connectivity index (χ0n) is 10.1. The van der Waals surface area contributed by atoms with Gasteiger partial charge in [-0.2, -0.15) is 4.98 Å². The Labute approximate surface area is 114 Å². The van der Waals surface area contributed by atoms with Crippen molar-refractivity contribution in [1.82, 2.24) is 10.1 Å². The van der Waals surface area contributed by atoms with Crippen LogP contribution in [0.15, 0.2) is 33.7 Å². The van der Waals surface area contributed by atoms with E-state index in [0.717, 1.165) is 4.90 Å². The van der Waals surface area contributed by atoms with E-state index in [4.69, 9.17) is 10.3 Å². The lowest BCUT2D eigenvalue weighted by molar-refractivity contribution is 0.127. The Hall–Kier alpha value is -1.44. The number of nitrogens with two attached hydrogens (primary N) is 1. The summed E-state index contributed by atoms with van der Waals surface area (Å²) in [5.74, 6) is 0.890. The summed E-state index contributed by atoms with van der Waals surface area (Å²) in [4.78, 5) is 5.00. The SMILES string of the molecule is NCCC(O)c1nc(CSc2ccc(F)cc2)no1. The minimum Gasteiger partial charge on any atom is -0.383 e. The molecule has 0 aliphatic rings. The lowest BCUT2D eigenvalue weighted by Crippen LogP contribution is -2.06. The Morgan fingerprint density at radius 2 is 2.11 bits per heavy atom. The summed E-state index contributed by atoms with van der Waals surface area (Å²) in [5, 5.41) is 13.4. The summed E-state index contributed by atoms with van der Waals surface area (Å²) < 4.78 is 17.7. The number of aliphatic hydroxyl groups is 1. The molecule has 0 bridgehead atoms. The van der Waals surface area contributed by atoms with E-state index in [9.17, 15) is 9.50 Å². The van der Waals surface area contributed by atoms with Crippen molar-refractivity contribution in [2.24, 2.45) is 5.73 Å². The Balaban J connectivity index is 1.91. The smallest absolute Gasteiger partial charge is 0.255 e. The molecule has 1 aromatic heterocycles. The lowest BCUT2D eigenvalue weighted by atomic mass is 10.2. The third kappa shape index (κ3) is 4.02. The van der Waals surface area contributed by atoms with Gasteiger partial charge in [0.1, 0.15) is 11.9 Å². The Bertz CT molecular complexity index is 518. The third-order valence-electron chi connectivity index (χ3n) is 2.39. The molecule has 2 aromatic rings. The average molecular weight is 283 g/mol. The first-order valence-corrected chi connectivity index (χ1v) is 6.76. The molecule has 0 aliphatic carbocycles. The number of hydrogen-bond acceptors (Lipinski definition) is 6. The highest BCUT2D eigenvalue weighted by molar-refractivity contribution is 7.98. The van der Waals surface area contributed by atoms with E-state index in [2.05, 4.69) is 10.1 Å². The normalized spacial score (nSPS) is 12.6. The highest BCUT2D eigenvalue weighted by atomic mass is 32.2. The molecule has 0 fully saturated rings. The van der Waals surface area contributed by atoms with Crippen molar-refractivity contribution in [3.63, 3.8) is 0 Å². The first-order chi connectivity index (χ1) is 9.19. The number of aromatic nitrogens is 2. The number of aliphatic hydroxyl groups excluding tert-OH is 1. The molecule has 2 rings (SSSR count). The second kappa shape index (κ2) is 6.65. The van der Waals surface area contributed by atoms with E-state index in [-0.39, 0.29) is 11.7 Å². The summed E-state index contributed by atoms with van der Waals surface area (Å²) in [6.45, 7) is 0.350. The van der Waals surface area contributed by atoms with Crippen LogP contribution in [0.1, 0.15) is 24.2 Å². The Kier molecular flexibility index (Phi) is 4.89. The zero-order valence-corrected chi connectivity index (χ0v) is 10.9. The summed E-state index contributed by atoms with van der Waals surface area (Å²) in [5.41, 5.74) is 5.34. The summed E-state index contributed by atoms with van der Waals surface area (Å²) in [6.07, 6.45) is -0.436. The van der Waals surface area contributed by atoms with Crippen molar-refractivity contribution < 1.29 is 14.0 Å². The van der Waals surface area contributed by atoms with E-state index < -0.39 is 6.10 Å². The molecule has 1 aromatic carbocycles. The van der Waals surface area contributed by atoms with Crippen LogP contribution in [0.3, 0.4) is 0 Å². The van der Waals surface area contributed by atoms with Crippen LogP contribution in [0.2, 0.25) is 0 Å². The van der Waals surface area contributed by atoms with Crippen LogP contribution in [-0.4, -0.2) is 21.8 Å². The molecule has 102 valence electrons. The highest BCUT2D eigenvalue weighted by Gasteiger charge is 2.15. The van der Waals surface area contributed by atoms with Gasteiger partial charge in [-0.05, 0) is 37.2 Å². The molecule has 5 nitrogen and oxygen atoms in total. The number of nitrogens with zero attached hydrogens (tertiary/aromatic N) is 2. The van der Waals surface area contributed by atoms with Gasteiger partial charge < -0.3 is 15.4 Å². The second-order valence-corrected chi connectivity index (χ2v) is 4.93. The maximum atomic E-state index is 12.7. The predicted molar refractivity (Wildman–Crippen MR) is 68.9 cm³/mol. The summed E-state index contributed by atoms with van der Waals surface area (Å²) >= 11 is 1.46. The largest absolute Gasteiger partial charge is 0.383 e. The quantitative estimate of drug-likeness (QED) is 0.787. The minimum absolute atomic E-state index is 0.181. The molecule has 0 saturated carbocycles. The molecule has 1 unspecified atom stereocenters. The molecule has 0 aliphatic heterocycles. The monoisotopic (exact) mass is 283 g/mol. The average Bonchev–Trinajstić information content (AvgIpc) is 2.87. The number of thioether (sulfide) groups is 1. The number of benzene rings is 1. The van der Waals surface area contributed by atoms with Crippen molar-refractivity contribution in [1.29, 1.82) is 0 Å². The topological polar surface area (TPSA) is 85.2 Å². The van der Waals surface area contributed by atoms with E-state index in [1.807, 2.05) is 0 Å². The molecule has 19 heavy (non-hydrogen) atoms. The Morgan fingerprint density at radius 1 is 1.37 bits per heavy atom. The van der Waals surface area contributed by atoms with Crippen LogP contribution in [0, 0.1) is 5.82 Å². The number of rotatable bonds is 6. The van der Waals surface area contributed by atoms with Crippen LogP contribution < -0.4 is 5.73 Å². The fourth-order valence-corrected chi connectivity index (χ4v) is 2.16. The molecule has 0 radical (unpaired) electrons. The fourth-order valence-electron chi connectivity index (χ4n) is 1.42. The standard InChI is InChI=1S/C12H14FN3O2S/c13-8-1-3-9(4-2-8)19-7-11-15-12(18-16-11)10(17)5-6-14/h1-4,10,17H,5-7,14H2. The third-order valence-corrected chi connectivity index (χ3v) is 3.40. The van der Waals surface area contributed by atoms with Crippen molar-refractivity contribution in [3.05, 3.63) is 41.8 Å². The molecule has 1 heterocycles. The van der Waals surface area contributed by atoms with Crippen molar-refractivity contribution in [2.75, 3.05) is 6.54 Å². The van der Waals surface area contributed by atoms with Crippen LogP contribution in [0.5, 0.6) is 0 Å². The van der Waals surface area contributed by atoms with Crippen molar-refractivity contribution >= 4 is 11.8 Å². The van der Waals surface area contributed by atoms with Gasteiger partial charge in [-0.1, -0.05) is 5.16 Å². The van der Waals surface area contributed by atoms with Crippen LogP contribution >= 0.6 is 11.8 Å².